The number of hydrogen-bond donors (Lipinski definition) is 2. The number of H-pyrrole nitrogens is 1. The van der Waals surface area contributed by atoms with Gasteiger partial charge in [0.25, 0.3) is 5.56 Å². The van der Waals surface area contributed by atoms with Gasteiger partial charge in [0.1, 0.15) is 4.47 Å². The van der Waals surface area contributed by atoms with Crippen LogP contribution in [0.3, 0.4) is 0 Å². The number of aromatic nitrogens is 2. The zero-order valence-electron chi connectivity index (χ0n) is 9.61. The highest BCUT2D eigenvalue weighted by Gasteiger charge is 2.16. The summed E-state index contributed by atoms with van der Waals surface area (Å²) in [5.41, 5.74) is 0.166. The van der Waals surface area contributed by atoms with Gasteiger partial charge in [0.15, 0.2) is 0 Å². The highest BCUT2D eigenvalue weighted by molar-refractivity contribution is 9.10. The fourth-order valence-corrected chi connectivity index (χ4v) is 1.93. The molecule has 0 saturated carbocycles. The van der Waals surface area contributed by atoms with E-state index in [0.29, 0.717) is 36.5 Å². The third-order valence-electron chi connectivity index (χ3n) is 2.59. The van der Waals surface area contributed by atoms with Crippen LogP contribution >= 0.6 is 15.9 Å². The number of nitrogens with one attached hydrogen (secondary N) is 2. The number of halogens is 1. The summed E-state index contributed by atoms with van der Waals surface area (Å²) >= 11 is 3.14. The number of amides is 1. The second-order valence-corrected chi connectivity index (χ2v) is 4.57. The summed E-state index contributed by atoms with van der Waals surface area (Å²) in [5, 5.41) is 8.84. The first kappa shape index (κ1) is 13.0. The topological polar surface area (TPSA) is 87.3 Å². The van der Waals surface area contributed by atoms with Crippen LogP contribution in [0.25, 0.3) is 0 Å². The predicted octanol–water partition coefficient (Wildman–Crippen LogP) is -0.197. The molecule has 0 aliphatic carbocycles. The summed E-state index contributed by atoms with van der Waals surface area (Å²) in [4.78, 5) is 24.9. The second-order valence-electron chi connectivity index (χ2n) is 3.77. The van der Waals surface area contributed by atoms with Crippen LogP contribution in [0.5, 0.6) is 0 Å². The van der Waals surface area contributed by atoms with Crippen LogP contribution < -0.4 is 10.9 Å². The van der Waals surface area contributed by atoms with Gasteiger partial charge in [-0.1, -0.05) is 0 Å². The SMILES string of the molecule is O=C(CNc1cn[nH]c(=O)c1Br)N1CCOCC1. The van der Waals surface area contributed by atoms with E-state index in [1.807, 2.05) is 0 Å². The van der Waals surface area contributed by atoms with E-state index < -0.39 is 0 Å². The number of ether oxygens (including phenoxy) is 1. The van der Waals surface area contributed by atoms with E-state index in [-0.39, 0.29) is 18.0 Å². The molecule has 1 aromatic heterocycles. The second kappa shape index (κ2) is 5.96. The van der Waals surface area contributed by atoms with Crippen molar-refractivity contribution < 1.29 is 9.53 Å². The number of carbonyl (C=O) groups excluding carboxylic acids is 1. The fraction of sp³-hybridized carbons (Fsp3) is 0.500. The van der Waals surface area contributed by atoms with Gasteiger partial charge in [-0.05, 0) is 15.9 Å². The minimum absolute atomic E-state index is 0.0227. The minimum Gasteiger partial charge on any atom is -0.378 e. The van der Waals surface area contributed by atoms with Crippen molar-refractivity contribution in [3.8, 4) is 0 Å². The van der Waals surface area contributed by atoms with E-state index in [2.05, 4.69) is 31.4 Å². The molecular weight excluding hydrogens is 304 g/mol. The van der Waals surface area contributed by atoms with E-state index >= 15 is 0 Å². The zero-order valence-corrected chi connectivity index (χ0v) is 11.2. The minimum atomic E-state index is -0.334. The molecule has 7 nitrogen and oxygen atoms in total. The maximum absolute atomic E-state index is 11.9. The van der Waals surface area contributed by atoms with Crippen LogP contribution in [0.4, 0.5) is 5.69 Å². The highest BCUT2D eigenvalue weighted by Crippen LogP contribution is 2.14. The molecule has 2 heterocycles. The molecule has 18 heavy (non-hydrogen) atoms. The summed E-state index contributed by atoms with van der Waals surface area (Å²) in [7, 11) is 0. The van der Waals surface area contributed by atoms with Crippen molar-refractivity contribution in [2.75, 3.05) is 38.2 Å². The predicted molar refractivity (Wildman–Crippen MR) is 68.4 cm³/mol. The normalized spacial score (nSPS) is 15.5. The third-order valence-corrected chi connectivity index (χ3v) is 3.38. The molecule has 0 bridgehead atoms. The van der Waals surface area contributed by atoms with Gasteiger partial charge < -0.3 is 15.0 Å². The summed E-state index contributed by atoms with van der Waals surface area (Å²) in [5.74, 6) is -0.0227. The third kappa shape index (κ3) is 3.08. The molecule has 1 aliphatic rings. The van der Waals surface area contributed by atoms with Crippen molar-refractivity contribution in [1.82, 2.24) is 15.1 Å². The van der Waals surface area contributed by atoms with Gasteiger partial charge in [-0.25, -0.2) is 5.10 Å². The van der Waals surface area contributed by atoms with Crippen molar-refractivity contribution >= 4 is 27.5 Å². The van der Waals surface area contributed by atoms with Crippen LogP contribution in [-0.2, 0) is 9.53 Å². The maximum Gasteiger partial charge on any atom is 0.280 e. The molecule has 0 atom stereocenters. The van der Waals surface area contributed by atoms with Crippen LogP contribution in [0.2, 0.25) is 0 Å². The number of nitrogens with zero attached hydrogens (tertiary/aromatic N) is 2. The molecule has 2 rings (SSSR count). The van der Waals surface area contributed by atoms with Gasteiger partial charge in [0, 0.05) is 13.1 Å². The molecule has 8 heteroatoms. The average Bonchev–Trinajstić information content (AvgIpc) is 2.41. The number of carbonyl (C=O) groups is 1. The summed E-state index contributed by atoms with van der Waals surface area (Å²) in [6.45, 7) is 2.48. The number of hydrogen-bond acceptors (Lipinski definition) is 5. The Bertz CT molecular complexity index is 484. The monoisotopic (exact) mass is 316 g/mol. The number of morpholine rings is 1. The first-order valence-electron chi connectivity index (χ1n) is 5.51. The Kier molecular flexibility index (Phi) is 4.32. The van der Waals surface area contributed by atoms with Gasteiger partial charge in [0.05, 0.1) is 31.6 Å². The molecule has 1 saturated heterocycles. The molecule has 1 aliphatic heterocycles. The van der Waals surface area contributed by atoms with Gasteiger partial charge in [-0.3, -0.25) is 9.59 Å². The van der Waals surface area contributed by atoms with Crippen LogP contribution in [0, 0.1) is 0 Å². The van der Waals surface area contributed by atoms with Crippen molar-refractivity contribution in [1.29, 1.82) is 0 Å². The Balaban J connectivity index is 1.92. The summed E-state index contributed by atoms with van der Waals surface area (Å²) in [6, 6.07) is 0. The lowest BCUT2D eigenvalue weighted by Crippen LogP contribution is -2.43. The lowest BCUT2D eigenvalue weighted by Gasteiger charge is -2.27. The molecule has 1 amide bonds. The molecule has 98 valence electrons. The standard InChI is InChI=1S/C10H13BrN4O3/c11-9-7(5-13-14-10(9)17)12-6-8(16)15-1-3-18-4-2-15/h5H,1-4,6H2,(H2,12,14,17). The van der Waals surface area contributed by atoms with E-state index in [4.69, 9.17) is 4.74 Å². The lowest BCUT2D eigenvalue weighted by molar-refractivity contribution is -0.133. The largest absolute Gasteiger partial charge is 0.378 e. The number of rotatable bonds is 3. The van der Waals surface area contributed by atoms with Crippen molar-refractivity contribution in [3.63, 3.8) is 0 Å². The maximum atomic E-state index is 11.9. The van der Waals surface area contributed by atoms with Gasteiger partial charge >= 0.3 is 0 Å². The lowest BCUT2D eigenvalue weighted by atomic mass is 10.4. The Morgan fingerprint density at radius 3 is 3.00 bits per heavy atom. The van der Waals surface area contributed by atoms with Gasteiger partial charge in [-0.15, -0.1) is 0 Å². The van der Waals surface area contributed by atoms with E-state index in [9.17, 15) is 9.59 Å². The molecule has 0 aromatic carbocycles. The number of aromatic amines is 1. The smallest absolute Gasteiger partial charge is 0.280 e. The van der Waals surface area contributed by atoms with Crippen LogP contribution in [-0.4, -0.2) is 53.9 Å². The van der Waals surface area contributed by atoms with Gasteiger partial charge in [-0.2, -0.15) is 5.10 Å². The van der Waals surface area contributed by atoms with E-state index in [1.165, 1.54) is 6.20 Å². The molecule has 1 fully saturated rings. The Hall–Kier alpha value is -1.41. The summed E-state index contributed by atoms with van der Waals surface area (Å²) < 4.78 is 5.51. The molecule has 1 aromatic rings. The highest BCUT2D eigenvalue weighted by atomic mass is 79.9. The van der Waals surface area contributed by atoms with Gasteiger partial charge in [0.2, 0.25) is 5.91 Å². The van der Waals surface area contributed by atoms with Crippen molar-refractivity contribution in [3.05, 3.63) is 21.0 Å². The Morgan fingerprint density at radius 1 is 1.56 bits per heavy atom. The number of anilines is 1. The molecule has 0 unspecified atom stereocenters. The van der Waals surface area contributed by atoms with Crippen molar-refractivity contribution in [2.24, 2.45) is 0 Å². The average molecular weight is 317 g/mol. The van der Waals surface area contributed by atoms with Crippen LogP contribution in [0.15, 0.2) is 15.5 Å². The van der Waals surface area contributed by atoms with Crippen LogP contribution in [0.1, 0.15) is 0 Å². The molecule has 0 spiro atoms. The molecule has 2 N–H and O–H groups in total. The molecular formula is C10H13BrN4O3. The first-order chi connectivity index (χ1) is 8.68. The van der Waals surface area contributed by atoms with E-state index in [1.54, 1.807) is 4.90 Å². The zero-order chi connectivity index (χ0) is 13.0. The Labute approximate surface area is 112 Å². The quantitative estimate of drug-likeness (QED) is 0.806. The van der Waals surface area contributed by atoms with E-state index in [0.717, 1.165) is 0 Å². The molecule has 0 radical (unpaired) electrons. The first-order valence-corrected chi connectivity index (χ1v) is 6.30. The van der Waals surface area contributed by atoms with Crippen molar-refractivity contribution in [2.45, 2.75) is 0 Å². The summed E-state index contributed by atoms with van der Waals surface area (Å²) in [6.07, 6.45) is 1.46. The Morgan fingerprint density at radius 2 is 2.28 bits per heavy atom. The fourth-order valence-electron chi connectivity index (χ4n) is 1.60.